The number of para-hydroxylation sites is 2. The van der Waals surface area contributed by atoms with Gasteiger partial charge in [-0.1, -0.05) is 35.9 Å². The van der Waals surface area contributed by atoms with Gasteiger partial charge in [0.15, 0.2) is 0 Å². The molecule has 2 aromatic carbocycles. The molecule has 3 aromatic rings. The Hall–Kier alpha value is -3.12. The van der Waals surface area contributed by atoms with Crippen molar-refractivity contribution in [2.45, 2.75) is 13.3 Å². The third-order valence-electron chi connectivity index (χ3n) is 4.03. The number of ether oxygens (including phenoxy) is 1. The van der Waals surface area contributed by atoms with Gasteiger partial charge in [-0.2, -0.15) is 0 Å². The van der Waals surface area contributed by atoms with Crippen molar-refractivity contribution in [1.29, 1.82) is 0 Å². The molecule has 2 N–H and O–H groups in total. The van der Waals surface area contributed by atoms with Gasteiger partial charge in [0.1, 0.15) is 23.1 Å². The van der Waals surface area contributed by atoms with Crippen LogP contribution in [0.2, 0.25) is 5.02 Å². The van der Waals surface area contributed by atoms with Crippen molar-refractivity contribution in [2.75, 3.05) is 19.0 Å². The number of aryl methyl sites for hydroxylation is 1. The topological polar surface area (TPSA) is 76.1 Å². The lowest BCUT2D eigenvalue weighted by Gasteiger charge is -2.12. The maximum atomic E-state index is 12.5. The number of benzene rings is 2. The van der Waals surface area contributed by atoms with Crippen molar-refractivity contribution >= 4 is 29.0 Å². The van der Waals surface area contributed by atoms with Crippen molar-refractivity contribution in [3.63, 3.8) is 0 Å². The number of carbonyl (C=O) groups is 1. The van der Waals surface area contributed by atoms with Crippen molar-refractivity contribution in [3.05, 3.63) is 76.7 Å². The molecule has 144 valence electrons. The summed E-state index contributed by atoms with van der Waals surface area (Å²) in [7, 11) is 1.60. The summed E-state index contributed by atoms with van der Waals surface area (Å²) < 4.78 is 5.33. The van der Waals surface area contributed by atoms with E-state index in [1.807, 2.05) is 48.5 Å². The lowest BCUT2D eigenvalue weighted by Crippen LogP contribution is -2.27. The number of nitrogens with zero attached hydrogens (tertiary/aromatic N) is 2. The first-order valence-electron chi connectivity index (χ1n) is 8.83. The third kappa shape index (κ3) is 5.20. The van der Waals surface area contributed by atoms with E-state index in [2.05, 4.69) is 20.6 Å². The summed E-state index contributed by atoms with van der Waals surface area (Å²) >= 11 is 5.98. The standard InChI is InChI=1S/C21H21ClN4O2/c1-14-24-18(21(27)23-11-10-15-6-5-7-16(22)12-15)13-20(25-14)26-17-8-3-4-9-19(17)28-2/h3-9,12-13H,10-11H2,1-2H3,(H,23,27)(H,24,25,26). The first-order chi connectivity index (χ1) is 13.5. The van der Waals surface area contributed by atoms with E-state index in [4.69, 9.17) is 16.3 Å². The van der Waals surface area contributed by atoms with Gasteiger partial charge in [-0.05, 0) is 43.2 Å². The molecular formula is C21H21ClN4O2. The Balaban J connectivity index is 1.67. The number of rotatable bonds is 7. The number of nitrogens with one attached hydrogen (secondary N) is 2. The largest absolute Gasteiger partial charge is 0.495 e. The van der Waals surface area contributed by atoms with Crippen LogP contribution in [0.4, 0.5) is 11.5 Å². The van der Waals surface area contributed by atoms with Gasteiger partial charge < -0.3 is 15.4 Å². The minimum absolute atomic E-state index is 0.254. The highest BCUT2D eigenvalue weighted by molar-refractivity contribution is 6.30. The fourth-order valence-electron chi connectivity index (χ4n) is 2.74. The number of halogens is 1. The van der Waals surface area contributed by atoms with E-state index < -0.39 is 0 Å². The molecule has 0 aliphatic heterocycles. The Morgan fingerprint density at radius 1 is 1.11 bits per heavy atom. The first kappa shape index (κ1) is 19.6. The van der Waals surface area contributed by atoms with E-state index in [1.54, 1.807) is 20.1 Å². The van der Waals surface area contributed by atoms with Gasteiger partial charge in [0, 0.05) is 17.6 Å². The summed E-state index contributed by atoms with van der Waals surface area (Å²) in [6.45, 7) is 2.23. The minimum Gasteiger partial charge on any atom is -0.495 e. The molecule has 0 saturated carbocycles. The van der Waals surface area contributed by atoms with E-state index >= 15 is 0 Å². The zero-order valence-corrected chi connectivity index (χ0v) is 16.5. The Labute approximate surface area is 168 Å². The summed E-state index contributed by atoms with van der Waals surface area (Å²) in [5.74, 6) is 1.46. The second-order valence-corrected chi connectivity index (χ2v) is 6.58. The van der Waals surface area contributed by atoms with Crippen LogP contribution in [0.5, 0.6) is 5.75 Å². The molecule has 0 fully saturated rings. The van der Waals surface area contributed by atoms with Gasteiger partial charge in [-0.3, -0.25) is 4.79 Å². The smallest absolute Gasteiger partial charge is 0.270 e. The fraction of sp³-hybridized carbons (Fsp3) is 0.190. The molecule has 0 bridgehead atoms. The number of hydrogen-bond donors (Lipinski definition) is 2. The zero-order valence-electron chi connectivity index (χ0n) is 15.7. The molecule has 6 nitrogen and oxygen atoms in total. The highest BCUT2D eigenvalue weighted by atomic mass is 35.5. The lowest BCUT2D eigenvalue weighted by atomic mass is 10.1. The Bertz CT molecular complexity index is 978. The fourth-order valence-corrected chi connectivity index (χ4v) is 2.95. The SMILES string of the molecule is COc1ccccc1Nc1cc(C(=O)NCCc2cccc(Cl)c2)nc(C)n1. The molecule has 0 aliphatic carbocycles. The summed E-state index contributed by atoms with van der Waals surface area (Å²) in [6.07, 6.45) is 0.683. The normalized spacial score (nSPS) is 10.4. The van der Waals surface area contributed by atoms with Crippen molar-refractivity contribution in [1.82, 2.24) is 15.3 Å². The maximum Gasteiger partial charge on any atom is 0.270 e. The van der Waals surface area contributed by atoms with Gasteiger partial charge in [0.2, 0.25) is 0 Å². The highest BCUT2D eigenvalue weighted by Crippen LogP contribution is 2.26. The molecule has 0 atom stereocenters. The molecule has 3 rings (SSSR count). The number of anilines is 2. The first-order valence-corrected chi connectivity index (χ1v) is 9.21. The summed E-state index contributed by atoms with van der Waals surface area (Å²) in [5.41, 5.74) is 2.12. The quantitative estimate of drug-likeness (QED) is 0.627. The minimum atomic E-state index is -0.254. The van der Waals surface area contributed by atoms with Crippen LogP contribution >= 0.6 is 11.6 Å². The molecule has 1 heterocycles. The summed E-state index contributed by atoms with van der Waals surface area (Å²) in [4.78, 5) is 21.1. The molecule has 0 aliphatic rings. The van der Waals surface area contributed by atoms with Crippen LogP contribution < -0.4 is 15.4 Å². The Morgan fingerprint density at radius 3 is 2.71 bits per heavy atom. The Kier molecular flexibility index (Phi) is 6.45. The number of aromatic nitrogens is 2. The molecule has 0 radical (unpaired) electrons. The highest BCUT2D eigenvalue weighted by Gasteiger charge is 2.11. The number of methoxy groups -OCH3 is 1. The van der Waals surface area contributed by atoms with Crippen molar-refractivity contribution in [3.8, 4) is 5.75 Å². The number of amides is 1. The van der Waals surface area contributed by atoms with Gasteiger partial charge in [0.25, 0.3) is 5.91 Å². The second kappa shape index (κ2) is 9.19. The molecule has 0 saturated heterocycles. The van der Waals surface area contributed by atoms with Gasteiger partial charge in [-0.15, -0.1) is 0 Å². The van der Waals surface area contributed by atoms with Crippen LogP contribution in [0.3, 0.4) is 0 Å². The Morgan fingerprint density at radius 2 is 1.93 bits per heavy atom. The van der Waals surface area contributed by atoms with Crippen LogP contribution in [-0.4, -0.2) is 29.5 Å². The van der Waals surface area contributed by atoms with Crippen LogP contribution in [0, 0.1) is 6.92 Å². The van der Waals surface area contributed by atoms with E-state index in [-0.39, 0.29) is 5.91 Å². The predicted octanol–water partition coefficient (Wildman–Crippen LogP) is 4.16. The number of hydrogen-bond acceptors (Lipinski definition) is 5. The van der Waals surface area contributed by atoms with E-state index in [1.165, 1.54) is 0 Å². The average Bonchev–Trinajstić information content (AvgIpc) is 2.68. The summed E-state index contributed by atoms with van der Waals surface area (Å²) in [5, 5.41) is 6.74. The molecule has 1 aromatic heterocycles. The predicted molar refractivity (Wildman–Crippen MR) is 111 cm³/mol. The molecule has 1 amide bonds. The average molecular weight is 397 g/mol. The van der Waals surface area contributed by atoms with E-state index in [9.17, 15) is 4.79 Å². The lowest BCUT2D eigenvalue weighted by molar-refractivity contribution is 0.0949. The molecule has 28 heavy (non-hydrogen) atoms. The van der Waals surface area contributed by atoms with E-state index in [0.29, 0.717) is 41.1 Å². The summed E-state index contributed by atoms with van der Waals surface area (Å²) in [6, 6.07) is 16.7. The van der Waals surface area contributed by atoms with Crippen LogP contribution in [0.25, 0.3) is 0 Å². The maximum absolute atomic E-state index is 12.5. The van der Waals surface area contributed by atoms with Crippen molar-refractivity contribution in [2.24, 2.45) is 0 Å². The van der Waals surface area contributed by atoms with E-state index in [0.717, 1.165) is 11.3 Å². The van der Waals surface area contributed by atoms with Gasteiger partial charge >= 0.3 is 0 Å². The van der Waals surface area contributed by atoms with Gasteiger partial charge in [-0.25, -0.2) is 9.97 Å². The molecule has 0 unspecified atom stereocenters. The molecule has 7 heteroatoms. The molecular weight excluding hydrogens is 376 g/mol. The van der Waals surface area contributed by atoms with Crippen LogP contribution in [0.1, 0.15) is 21.9 Å². The third-order valence-corrected chi connectivity index (χ3v) is 4.26. The number of carbonyl (C=O) groups excluding carboxylic acids is 1. The van der Waals surface area contributed by atoms with Crippen LogP contribution in [0.15, 0.2) is 54.6 Å². The zero-order chi connectivity index (χ0) is 19.9. The second-order valence-electron chi connectivity index (χ2n) is 6.15. The van der Waals surface area contributed by atoms with Crippen LogP contribution in [-0.2, 0) is 6.42 Å². The monoisotopic (exact) mass is 396 g/mol. The van der Waals surface area contributed by atoms with Gasteiger partial charge in [0.05, 0.1) is 12.8 Å². The van der Waals surface area contributed by atoms with Crippen molar-refractivity contribution < 1.29 is 9.53 Å². The molecule has 0 spiro atoms.